The Labute approximate surface area is 147 Å². The van der Waals surface area contributed by atoms with Crippen molar-refractivity contribution in [3.8, 4) is 11.5 Å². The highest BCUT2D eigenvalue weighted by Gasteiger charge is 2.16. The normalized spacial score (nSPS) is 11.0. The first-order chi connectivity index (χ1) is 12.2. The molecule has 0 bridgehead atoms. The molecule has 0 radical (unpaired) electrons. The molecule has 0 spiro atoms. The molecule has 0 atom stereocenters. The van der Waals surface area contributed by atoms with Crippen molar-refractivity contribution in [1.29, 1.82) is 0 Å². The lowest BCUT2D eigenvalue weighted by molar-refractivity contribution is 0.0998. The number of furan rings is 1. The quantitative estimate of drug-likeness (QED) is 0.591. The minimum Gasteiger partial charge on any atom is -0.497 e. The number of fused-ring (bicyclic) bond motifs is 2. The van der Waals surface area contributed by atoms with Gasteiger partial charge in [0, 0.05) is 11.5 Å². The summed E-state index contributed by atoms with van der Waals surface area (Å²) >= 11 is 1.34. The molecule has 2 aromatic carbocycles. The van der Waals surface area contributed by atoms with E-state index in [2.05, 4.69) is 10.3 Å². The number of carbonyl (C=O) groups excluding carboxylic acids is 1. The van der Waals surface area contributed by atoms with Gasteiger partial charge in [0.05, 0.1) is 18.9 Å². The molecule has 4 aromatic rings. The van der Waals surface area contributed by atoms with E-state index in [9.17, 15) is 4.79 Å². The summed E-state index contributed by atoms with van der Waals surface area (Å²) in [7, 11) is 3.16. The second-order valence-electron chi connectivity index (χ2n) is 5.30. The molecule has 2 aromatic heterocycles. The van der Waals surface area contributed by atoms with Crippen LogP contribution in [0.25, 0.3) is 21.2 Å². The smallest absolute Gasteiger partial charge is 0.293 e. The molecule has 0 saturated heterocycles. The van der Waals surface area contributed by atoms with Crippen LogP contribution in [0.3, 0.4) is 0 Å². The second-order valence-corrected chi connectivity index (χ2v) is 6.33. The highest BCUT2D eigenvalue weighted by atomic mass is 32.1. The van der Waals surface area contributed by atoms with Crippen LogP contribution in [-0.2, 0) is 0 Å². The zero-order valence-electron chi connectivity index (χ0n) is 13.5. The van der Waals surface area contributed by atoms with Gasteiger partial charge in [0.15, 0.2) is 10.9 Å². The van der Waals surface area contributed by atoms with Crippen molar-refractivity contribution in [2.75, 3.05) is 19.5 Å². The molecule has 0 aliphatic rings. The summed E-state index contributed by atoms with van der Waals surface area (Å²) in [6.45, 7) is 0. The molecule has 25 heavy (non-hydrogen) atoms. The van der Waals surface area contributed by atoms with Crippen molar-refractivity contribution in [3.63, 3.8) is 0 Å². The van der Waals surface area contributed by atoms with Gasteiger partial charge in [-0.3, -0.25) is 10.1 Å². The number of aromatic nitrogens is 1. The van der Waals surface area contributed by atoms with E-state index < -0.39 is 0 Å². The van der Waals surface area contributed by atoms with E-state index in [0.29, 0.717) is 27.7 Å². The van der Waals surface area contributed by atoms with Gasteiger partial charge in [-0.1, -0.05) is 29.5 Å². The predicted octanol–water partition coefficient (Wildman–Crippen LogP) is 4.31. The number of rotatable bonds is 4. The average Bonchev–Trinajstić information content (AvgIpc) is 3.23. The minimum atomic E-state index is -0.346. The molecule has 2 heterocycles. The summed E-state index contributed by atoms with van der Waals surface area (Å²) in [6, 6.07) is 12.8. The molecule has 0 aliphatic carbocycles. The number of nitrogens with zero attached hydrogens (tertiary/aromatic N) is 1. The Morgan fingerprint density at radius 3 is 2.76 bits per heavy atom. The number of ether oxygens (including phenoxy) is 2. The number of amides is 1. The van der Waals surface area contributed by atoms with Gasteiger partial charge in [-0.25, -0.2) is 4.98 Å². The summed E-state index contributed by atoms with van der Waals surface area (Å²) in [5, 5.41) is 4.12. The molecule has 0 aliphatic heterocycles. The SMILES string of the molecule is COc1cc(OC)c2nc(NC(=O)c3cc4ccccc4o3)sc2c1. The number of anilines is 1. The lowest BCUT2D eigenvalue weighted by Gasteiger charge is -2.03. The zero-order valence-corrected chi connectivity index (χ0v) is 14.3. The van der Waals surface area contributed by atoms with E-state index in [1.54, 1.807) is 26.4 Å². The van der Waals surface area contributed by atoms with E-state index in [4.69, 9.17) is 13.9 Å². The number of benzene rings is 2. The molecular formula is C18H14N2O4S. The largest absolute Gasteiger partial charge is 0.497 e. The van der Waals surface area contributed by atoms with Crippen LogP contribution in [-0.4, -0.2) is 25.1 Å². The maximum Gasteiger partial charge on any atom is 0.293 e. The van der Waals surface area contributed by atoms with Crippen molar-refractivity contribution in [1.82, 2.24) is 4.98 Å². The Kier molecular flexibility index (Phi) is 3.77. The van der Waals surface area contributed by atoms with Gasteiger partial charge in [-0.05, 0) is 18.2 Å². The Balaban J connectivity index is 1.66. The van der Waals surface area contributed by atoms with Gasteiger partial charge in [-0.15, -0.1) is 0 Å². The van der Waals surface area contributed by atoms with Crippen LogP contribution >= 0.6 is 11.3 Å². The highest BCUT2D eigenvalue weighted by molar-refractivity contribution is 7.22. The number of carbonyl (C=O) groups is 1. The maximum atomic E-state index is 12.4. The van der Waals surface area contributed by atoms with Crippen molar-refractivity contribution >= 4 is 43.6 Å². The lowest BCUT2D eigenvalue weighted by Crippen LogP contribution is -2.10. The van der Waals surface area contributed by atoms with Gasteiger partial charge in [-0.2, -0.15) is 0 Å². The highest BCUT2D eigenvalue weighted by Crippen LogP contribution is 2.36. The Hall–Kier alpha value is -3.06. The van der Waals surface area contributed by atoms with Gasteiger partial charge < -0.3 is 13.9 Å². The van der Waals surface area contributed by atoms with Crippen LogP contribution in [0.4, 0.5) is 5.13 Å². The summed E-state index contributed by atoms with van der Waals surface area (Å²) < 4.78 is 17.0. The number of thiazole rings is 1. The van der Waals surface area contributed by atoms with E-state index in [-0.39, 0.29) is 11.7 Å². The standard InChI is InChI=1S/C18H14N2O4S/c1-22-11-8-13(23-2)16-15(9-11)25-18(19-16)20-17(21)14-7-10-5-3-4-6-12(10)24-14/h3-9H,1-2H3,(H,19,20,21). The number of methoxy groups -OCH3 is 2. The van der Waals surface area contributed by atoms with E-state index in [0.717, 1.165) is 10.1 Å². The van der Waals surface area contributed by atoms with Crippen molar-refractivity contribution in [2.45, 2.75) is 0 Å². The number of para-hydroxylation sites is 1. The average molecular weight is 354 g/mol. The number of nitrogens with one attached hydrogen (secondary N) is 1. The first-order valence-electron chi connectivity index (χ1n) is 7.50. The third-order valence-electron chi connectivity index (χ3n) is 3.76. The number of hydrogen-bond acceptors (Lipinski definition) is 6. The van der Waals surface area contributed by atoms with Gasteiger partial charge >= 0.3 is 0 Å². The van der Waals surface area contributed by atoms with Crippen LogP contribution in [0.15, 0.2) is 46.9 Å². The summed E-state index contributed by atoms with van der Waals surface area (Å²) in [5.41, 5.74) is 1.34. The van der Waals surface area contributed by atoms with Crippen LogP contribution in [0, 0.1) is 0 Å². The molecule has 6 nitrogen and oxygen atoms in total. The first-order valence-corrected chi connectivity index (χ1v) is 8.32. The van der Waals surface area contributed by atoms with Gasteiger partial charge in [0.2, 0.25) is 0 Å². The topological polar surface area (TPSA) is 73.6 Å². The molecule has 0 saturated carbocycles. The van der Waals surface area contributed by atoms with Crippen LogP contribution in [0.1, 0.15) is 10.6 Å². The molecule has 1 amide bonds. The zero-order chi connectivity index (χ0) is 17.4. The Bertz CT molecular complexity index is 1050. The van der Waals surface area contributed by atoms with Crippen molar-refractivity contribution < 1.29 is 18.7 Å². The van der Waals surface area contributed by atoms with Crippen molar-refractivity contribution in [2.24, 2.45) is 0 Å². The first kappa shape index (κ1) is 15.5. The Morgan fingerprint density at radius 2 is 2.00 bits per heavy atom. The summed E-state index contributed by atoms with van der Waals surface area (Å²) in [5.74, 6) is 1.16. The molecule has 4 rings (SSSR count). The second kappa shape index (κ2) is 6.10. The predicted molar refractivity (Wildman–Crippen MR) is 96.9 cm³/mol. The monoisotopic (exact) mass is 354 g/mol. The third-order valence-corrected chi connectivity index (χ3v) is 4.68. The summed E-state index contributed by atoms with van der Waals surface area (Å²) in [6.07, 6.45) is 0. The molecule has 126 valence electrons. The molecule has 0 unspecified atom stereocenters. The van der Waals surface area contributed by atoms with Crippen LogP contribution in [0.2, 0.25) is 0 Å². The van der Waals surface area contributed by atoms with Gasteiger partial charge in [0.1, 0.15) is 22.6 Å². The third kappa shape index (κ3) is 2.78. The van der Waals surface area contributed by atoms with Crippen LogP contribution in [0.5, 0.6) is 11.5 Å². The van der Waals surface area contributed by atoms with Crippen LogP contribution < -0.4 is 14.8 Å². The summed E-state index contributed by atoms with van der Waals surface area (Å²) in [4.78, 5) is 16.9. The van der Waals surface area contributed by atoms with Crippen molar-refractivity contribution in [3.05, 3.63) is 48.2 Å². The molecular weight excluding hydrogens is 340 g/mol. The van der Waals surface area contributed by atoms with E-state index in [1.165, 1.54) is 11.3 Å². The fourth-order valence-electron chi connectivity index (χ4n) is 2.55. The van der Waals surface area contributed by atoms with Gasteiger partial charge in [0.25, 0.3) is 5.91 Å². The minimum absolute atomic E-state index is 0.241. The fraction of sp³-hybridized carbons (Fsp3) is 0.111. The fourth-order valence-corrected chi connectivity index (χ4v) is 3.46. The molecule has 7 heteroatoms. The van der Waals surface area contributed by atoms with E-state index >= 15 is 0 Å². The lowest BCUT2D eigenvalue weighted by atomic mass is 10.2. The molecule has 0 fully saturated rings. The Morgan fingerprint density at radius 1 is 1.16 bits per heavy atom. The van der Waals surface area contributed by atoms with E-state index in [1.807, 2.05) is 30.3 Å². The molecule has 1 N–H and O–H groups in total. The number of hydrogen-bond donors (Lipinski definition) is 1. The maximum absolute atomic E-state index is 12.4.